The van der Waals surface area contributed by atoms with Gasteiger partial charge in [0.05, 0.1) is 12.8 Å². The van der Waals surface area contributed by atoms with Crippen LogP contribution in [-0.2, 0) is 0 Å². The summed E-state index contributed by atoms with van der Waals surface area (Å²) < 4.78 is 5.26. The number of carbonyl (C=O) groups excluding carboxylic acids is 1. The molecule has 1 amide bonds. The van der Waals surface area contributed by atoms with Gasteiger partial charge in [0, 0.05) is 16.8 Å². The molecular weight excluding hydrogens is 364 g/mol. The number of nitrogens with zero attached hydrogens (tertiary/aromatic N) is 2. The standard InChI is InChI=1S/C20H19ClN4O2/c1-12-5-4-6-15(9-12)24-19-11-17(22-13(2)23-19)20(26)25-16-10-14(21)7-8-18(16)27-3/h4-11H,1-3H3,(H,25,26)(H,22,23,24). The van der Waals surface area contributed by atoms with E-state index in [4.69, 9.17) is 16.3 Å². The number of benzene rings is 2. The van der Waals surface area contributed by atoms with Crippen molar-refractivity contribution in [2.75, 3.05) is 17.7 Å². The molecule has 138 valence electrons. The molecular formula is C20H19ClN4O2. The molecule has 2 N–H and O–H groups in total. The van der Waals surface area contributed by atoms with E-state index in [1.165, 1.54) is 7.11 Å². The zero-order chi connectivity index (χ0) is 19.4. The van der Waals surface area contributed by atoms with Gasteiger partial charge >= 0.3 is 0 Å². The number of rotatable bonds is 5. The van der Waals surface area contributed by atoms with E-state index in [1.807, 2.05) is 31.2 Å². The summed E-state index contributed by atoms with van der Waals surface area (Å²) in [6, 6.07) is 14.5. The number of amides is 1. The fourth-order valence-corrected chi connectivity index (χ4v) is 2.76. The monoisotopic (exact) mass is 382 g/mol. The highest BCUT2D eigenvalue weighted by Gasteiger charge is 2.14. The largest absolute Gasteiger partial charge is 0.495 e. The van der Waals surface area contributed by atoms with Gasteiger partial charge in [-0.3, -0.25) is 4.79 Å². The molecule has 0 atom stereocenters. The van der Waals surface area contributed by atoms with E-state index in [0.29, 0.717) is 28.1 Å². The topological polar surface area (TPSA) is 76.1 Å². The number of anilines is 3. The Bertz CT molecular complexity index is 991. The minimum absolute atomic E-state index is 0.236. The second-order valence-corrected chi connectivity index (χ2v) is 6.42. The fourth-order valence-electron chi connectivity index (χ4n) is 2.58. The van der Waals surface area contributed by atoms with Crippen molar-refractivity contribution in [3.05, 3.63) is 70.6 Å². The van der Waals surface area contributed by atoms with Crippen molar-refractivity contribution < 1.29 is 9.53 Å². The maximum Gasteiger partial charge on any atom is 0.274 e. The van der Waals surface area contributed by atoms with Crippen LogP contribution in [0.25, 0.3) is 0 Å². The summed E-state index contributed by atoms with van der Waals surface area (Å²) in [5.74, 6) is 1.15. The Morgan fingerprint density at radius 2 is 1.89 bits per heavy atom. The molecule has 3 rings (SSSR count). The third kappa shape index (κ3) is 4.74. The van der Waals surface area contributed by atoms with Crippen LogP contribution in [0, 0.1) is 13.8 Å². The Kier molecular flexibility index (Phi) is 5.57. The van der Waals surface area contributed by atoms with Gasteiger partial charge in [0.1, 0.15) is 23.1 Å². The number of methoxy groups -OCH3 is 1. The van der Waals surface area contributed by atoms with E-state index in [2.05, 4.69) is 20.6 Å². The van der Waals surface area contributed by atoms with Crippen molar-refractivity contribution >= 4 is 34.7 Å². The van der Waals surface area contributed by atoms with Gasteiger partial charge in [0.15, 0.2) is 0 Å². The number of nitrogens with one attached hydrogen (secondary N) is 2. The number of aryl methyl sites for hydroxylation is 2. The molecule has 0 saturated carbocycles. The fraction of sp³-hybridized carbons (Fsp3) is 0.150. The summed E-state index contributed by atoms with van der Waals surface area (Å²) in [6.45, 7) is 3.74. The molecule has 0 aliphatic rings. The lowest BCUT2D eigenvalue weighted by atomic mass is 10.2. The van der Waals surface area contributed by atoms with Crippen LogP contribution in [0.1, 0.15) is 21.9 Å². The number of halogens is 1. The Balaban J connectivity index is 1.85. The van der Waals surface area contributed by atoms with Crippen LogP contribution >= 0.6 is 11.6 Å². The van der Waals surface area contributed by atoms with Crippen molar-refractivity contribution in [3.8, 4) is 5.75 Å². The predicted molar refractivity (Wildman–Crippen MR) is 107 cm³/mol. The van der Waals surface area contributed by atoms with Crippen molar-refractivity contribution in [3.63, 3.8) is 0 Å². The zero-order valence-electron chi connectivity index (χ0n) is 15.2. The molecule has 0 saturated heterocycles. The molecule has 7 heteroatoms. The number of hydrogen-bond acceptors (Lipinski definition) is 5. The molecule has 0 radical (unpaired) electrons. The number of ether oxygens (including phenoxy) is 1. The first kappa shape index (κ1) is 18.7. The summed E-state index contributed by atoms with van der Waals surface area (Å²) in [5, 5.41) is 6.47. The van der Waals surface area contributed by atoms with E-state index in [1.54, 1.807) is 31.2 Å². The summed E-state index contributed by atoms with van der Waals surface area (Å²) >= 11 is 6.01. The maximum absolute atomic E-state index is 12.7. The van der Waals surface area contributed by atoms with E-state index in [-0.39, 0.29) is 11.6 Å². The second-order valence-electron chi connectivity index (χ2n) is 5.98. The quantitative estimate of drug-likeness (QED) is 0.665. The Morgan fingerprint density at radius 3 is 2.63 bits per heavy atom. The van der Waals surface area contributed by atoms with Gasteiger partial charge in [-0.1, -0.05) is 23.7 Å². The Hall–Kier alpha value is -3.12. The maximum atomic E-state index is 12.7. The van der Waals surface area contributed by atoms with Gasteiger partial charge in [-0.25, -0.2) is 9.97 Å². The summed E-state index contributed by atoms with van der Waals surface area (Å²) in [5.41, 5.74) is 2.71. The zero-order valence-corrected chi connectivity index (χ0v) is 16.0. The smallest absolute Gasteiger partial charge is 0.274 e. The van der Waals surface area contributed by atoms with Crippen LogP contribution in [-0.4, -0.2) is 23.0 Å². The molecule has 0 spiro atoms. The molecule has 1 heterocycles. The third-order valence-corrected chi connectivity index (χ3v) is 4.01. The molecule has 0 bridgehead atoms. The van der Waals surface area contributed by atoms with Crippen LogP contribution < -0.4 is 15.4 Å². The Morgan fingerprint density at radius 1 is 1.07 bits per heavy atom. The minimum atomic E-state index is -0.381. The lowest BCUT2D eigenvalue weighted by molar-refractivity contribution is 0.102. The third-order valence-electron chi connectivity index (χ3n) is 3.77. The molecule has 0 aliphatic heterocycles. The van der Waals surface area contributed by atoms with Gasteiger partial charge in [0.2, 0.25) is 0 Å². The second kappa shape index (κ2) is 8.05. The first-order chi connectivity index (χ1) is 12.9. The highest BCUT2D eigenvalue weighted by Crippen LogP contribution is 2.28. The van der Waals surface area contributed by atoms with Crippen molar-refractivity contribution in [2.24, 2.45) is 0 Å². The van der Waals surface area contributed by atoms with E-state index in [0.717, 1.165) is 11.3 Å². The van der Waals surface area contributed by atoms with Gasteiger partial charge in [-0.15, -0.1) is 0 Å². The van der Waals surface area contributed by atoms with Crippen molar-refractivity contribution in [2.45, 2.75) is 13.8 Å². The Labute approximate surface area is 162 Å². The van der Waals surface area contributed by atoms with E-state index in [9.17, 15) is 4.79 Å². The van der Waals surface area contributed by atoms with Crippen LogP contribution in [0.2, 0.25) is 5.02 Å². The molecule has 0 aliphatic carbocycles. The molecule has 0 fully saturated rings. The van der Waals surface area contributed by atoms with E-state index >= 15 is 0 Å². The number of aromatic nitrogens is 2. The molecule has 27 heavy (non-hydrogen) atoms. The lowest BCUT2D eigenvalue weighted by Crippen LogP contribution is -2.16. The normalized spacial score (nSPS) is 10.4. The molecule has 1 aromatic heterocycles. The van der Waals surface area contributed by atoms with Gasteiger partial charge < -0.3 is 15.4 Å². The predicted octanol–water partition coefficient (Wildman–Crippen LogP) is 4.75. The summed E-state index contributed by atoms with van der Waals surface area (Å²) in [6.07, 6.45) is 0. The highest BCUT2D eigenvalue weighted by atomic mass is 35.5. The van der Waals surface area contributed by atoms with Gasteiger partial charge in [-0.2, -0.15) is 0 Å². The van der Waals surface area contributed by atoms with Crippen LogP contribution in [0.4, 0.5) is 17.2 Å². The molecule has 2 aromatic carbocycles. The summed E-state index contributed by atoms with van der Waals surface area (Å²) in [7, 11) is 1.53. The SMILES string of the molecule is COc1ccc(Cl)cc1NC(=O)c1cc(Nc2cccc(C)c2)nc(C)n1. The van der Waals surface area contributed by atoms with Crippen molar-refractivity contribution in [1.82, 2.24) is 9.97 Å². The average Bonchev–Trinajstić information content (AvgIpc) is 2.61. The van der Waals surface area contributed by atoms with Crippen LogP contribution in [0.5, 0.6) is 5.75 Å². The number of hydrogen-bond donors (Lipinski definition) is 2. The van der Waals surface area contributed by atoms with Crippen molar-refractivity contribution in [1.29, 1.82) is 0 Å². The number of carbonyl (C=O) groups is 1. The van der Waals surface area contributed by atoms with E-state index < -0.39 is 0 Å². The minimum Gasteiger partial charge on any atom is -0.495 e. The van der Waals surface area contributed by atoms with Gasteiger partial charge in [0.25, 0.3) is 5.91 Å². The molecule has 0 unspecified atom stereocenters. The van der Waals surface area contributed by atoms with Crippen LogP contribution in [0.3, 0.4) is 0 Å². The molecule has 6 nitrogen and oxygen atoms in total. The molecule has 3 aromatic rings. The average molecular weight is 383 g/mol. The van der Waals surface area contributed by atoms with Gasteiger partial charge in [-0.05, 0) is 49.7 Å². The lowest BCUT2D eigenvalue weighted by Gasteiger charge is -2.12. The highest BCUT2D eigenvalue weighted by molar-refractivity contribution is 6.31. The van der Waals surface area contributed by atoms with Crippen LogP contribution in [0.15, 0.2) is 48.5 Å². The summed E-state index contributed by atoms with van der Waals surface area (Å²) in [4.78, 5) is 21.3. The first-order valence-electron chi connectivity index (χ1n) is 8.29. The first-order valence-corrected chi connectivity index (χ1v) is 8.66.